The second kappa shape index (κ2) is 7.43. The van der Waals surface area contributed by atoms with Gasteiger partial charge in [-0.1, -0.05) is 12.1 Å². The van der Waals surface area contributed by atoms with Gasteiger partial charge in [0.1, 0.15) is 5.82 Å². The van der Waals surface area contributed by atoms with E-state index < -0.39 is 36.1 Å². The zero-order chi connectivity index (χ0) is 17.8. The average Bonchev–Trinajstić information content (AvgIpc) is 3.10. The van der Waals surface area contributed by atoms with E-state index in [4.69, 9.17) is 4.74 Å². The summed E-state index contributed by atoms with van der Waals surface area (Å²) in [4.78, 5) is 36.7. The molecule has 0 spiro atoms. The highest BCUT2D eigenvalue weighted by atomic mass is 32.1. The molecule has 1 aromatic heterocycles. The summed E-state index contributed by atoms with van der Waals surface area (Å²) in [5.41, 5.74) is 0.727. The van der Waals surface area contributed by atoms with Crippen LogP contribution in [0.15, 0.2) is 35.7 Å². The molecule has 1 atom stereocenters. The van der Waals surface area contributed by atoms with Gasteiger partial charge >= 0.3 is 5.97 Å². The lowest BCUT2D eigenvalue weighted by Crippen LogP contribution is -2.32. The van der Waals surface area contributed by atoms with Gasteiger partial charge in [-0.3, -0.25) is 14.4 Å². The highest BCUT2D eigenvalue weighted by Crippen LogP contribution is 2.33. The molecule has 0 fully saturated rings. The molecule has 0 saturated heterocycles. The fraction of sp³-hybridized carbons (Fsp3) is 0.235. The molecule has 1 unspecified atom stereocenters. The topological polar surface area (TPSA) is 84.5 Å². The van der Waals surface area contributed by atoms with Gasteiger partial charge in [-0.15, -0.1) is 11.3 Å². The van der Waals surface area contributed by atoms with E-state index in [1.165, 1.54) is 23.5 Å². The van der Waals surface area contributed by atoms with Crippen molar-refractivity contribution in [2.45, 2.75) is 18.9 Å². The van der Waals surface area contributed by atoms with E-state index in [0.29, 0.717) is 12.1 Å². The number of halogens is 1. The third-order valence-electron chi connectivity index (χ3n) is 3.72. The average molecular weight is 362 g/mol. The van der Waals surface area contributed by atoms with Crippen molar-refractivity contribution < 1.29 is 23.5 Å². The molecular weight excluding hydrogens is 347 g/mol. The first-order valence-corrected chi connectivity index (χ1v) is 8.46. The van der Waals surface area contributed by atoms with Crippen molar-refractivity contribution in [3.8, 4) is 0 Å². The van der Waals surface area contributed by atoms with Gasteiger partial charge in [0.05, 0.1) is 12.5 Å². The van der Waals surface area contributed by atoms with Crippen LogP contribution in [-0.4, -0.2) is 24.4 Å². The normalized spacial score (nSPS) is 15.9. The number of esters is 1. The zero-order valence-electron chi connectivity index (χ0n) is 13.1. The summed E-state index contributed by atoms with van der Waals surface area (Å²) in [6.07, 6.45) is -0.103. The molecule has 3 rings (SSSR count). The maximum absolute atomic E-state index is 13.3. The van der Waals surface area contributed by atoms with Crippen molar-refractivity contribution in [3.05, 3.63) is 52.0 Å². The predicted octanol–water partition coefficient (Wildman–Crippen LogP) is 2.17. The number of benzene rings is 1. The van der Waals surface area contributed by atoms with Crippen molar-refractivity contribution in [1.29, 1.82) is 0 Å². The van der Waals surface area contributed by atoms with Gasteiger partial charge in [-0.2, -0.15) is 0 Å². The summed E-state index contributed by atoms with van der Waals surface area (Å²) in [5.74, 6) is -2.88. The van der Waals surface area contributed by atoms with Crippen LogP contribution in [0.2, 0.25) is 0 Å². The minimum Gasteiger partial charge on any atom is -0.455 e. The number of nitrogens with one attached hydrogen (secondary N) is 2. The molecule has 2 heterocycles. The number of hydrogen-bond acceptors (Lipinski definition) is 5. The van der Waals surface area contributed by atoms with Gasteiger partial charge in [0.25, 0.3) is 5.91 Å². The standard InChI is InChI=1S/C17H15FN2O4S/c18-10-3-4-12-13(7-15(21)20-14(12)6-10)17(23)24-9-16(22)19-8-11-2-1-5-25-11/h1-6,13H,7-9H2,(H,19,22)(H,20,21). The Labute approximate surface area is 147 Å². The lowest BCUT2D eigenvalue weighted by atomic mass is 9.90. The van der Waals surface area contributed by atoms with Crippen LogP contribution < -0.4 is 10.6 Å². The molecule has 0 bridgehead atoms. The van der Waals surface area contributed by atoms with Crippen LogP contribution in [0.25, 0.3) is 0 Å². The molecule has 0 radical (unpaired) electrons. The van der Waals surface area contributed by atoms with Gasteiger partial charge in [-0.25, -0.2) is 4.39 Å². The van der Waals surface area contributed by atoms with E-state index in [9.17, 15) is 18.8 Å². The Morgan fingerprint density at radius 1 is 1.36 bits per heavy atom. The zero-order valence-corrected chi connectivity index (χ0v) is 13.9. The first-order valence-electron chi connectivity index (χ1n) is 7.58. The Balaban J connectivity index is 1.58. The molecule has 1 aliphatic heterocycles. The lowest BCUT2D eigenvalue weighted by molar-refractivity contribution is -0.151. The Morgan fingerprint density at radius 2 is 2.20 bits per heavy atom. The predicted molar refractivity (Wildman–Crippen MR) is 89.5 cm³/mol. The Hall–Kier alpha value is -2.74. The first kappa shape index (κ1) is 17.1. The minimum absolute atomic E-state index is 0.103. The smallest absolute Gasteiger partial charge is 0.314 e. The summed E-state index contributed by atoms with van der Waals surface area (Å²) < 4.78 is 18.3. The fourth-order valence-corrected chi connectivity index (χ4v) is 3.18. The molecule has 0 saturated carbocycles. The molecule has 1 aliphatic rings. The molecule has 130 valence electrons. The number of fused-ring (bicyclic) bond motifs is 1. The van der Waals surface area contributed by atoms with E-state index >= 15 is 0 Å². The van der Waals surface area contributed by atoms with E-state index in [-0.39, 0.29) is 12.1 Å². The Kier molecular flexibility index (Phi) is 5.08. The van der Waals surface area contributed by atoms with E-state index in [0.717, 1.165) is 10.9 Å². The molecule has 0 aliphatic carbocycles. The first-order chi connectivity index (χ1) is 12.0. The summed E-state index contributed by atoms with van der Waals surface area (Å²) in [6, 6.07) is 7.56. The second-order valence-electron chi connectivity index (χ2n) is 5.50. The van der Waals surface area contributed by atoms with Gasteiger partial charge < -0.3 is 15.4 Å². The summed E-state index contributed by atoms with van der Waals surface area (Å²) >= 11 is 1.51. The lowest BCUT2D eigenvalue weighted by Gasteiger charge is -2.24. The monoisotopic (exact) mass is 362 g/mol. The largest absolute Gasteiger partial charge is 0.455 e. The molecule has 2 N–H and O–H groups in total. The van der Waals surface area contributed by atoms with E-state index in [2.05, 4.69) is 10.6 Å². The van der Waals surface area contributed by atoms with Crippen molar-refractivity contribution >= 4 is 34.8 Å². The maximum Gasteiger partial charge on any atom is 0.314 e. The Morgan fingerprint density at radius 3 is 2.96 bits per heavy atom. The van der Waals surface area contributed by atoms with Crippen LogP contribution in [0, 0.1) is 5.82 Å². The molecule has 1 aromatic carbocycles. The summed E-state index contributed by atoms with van der Waals surface area (Å²) in [5, 5.41) is 7.06. The number of anilines is 1. The number of carbonyl (C=O) groups excluding carboxylic acids is 3. The van der Waals surface area contributed by atoms with Crippen molar-refractivity contribution in [3.63, 3.8) is 0 Å². The third-order valence-corrected chi connectivity index (χ3v) is 4.60. The van der Waals surface area contributed by atoms with Crippen LogP contribution in [0.1, 0.15) is 22.8 Å². The van der Waals surface area contributed by atoms with E-state index in [1.54, 1.807) is 0 Å². The Bertz CT molecular complexity index is 807. The van der Waals surface area contributed by atoms with Crippen molar-refractivity contribution in [2.24, 2.45) is 0 Å². The van der Waals surface area contributed by atoms with Gasteiger partial charge in [0, 0.05) is 17.0 Å². The highest BCUT2D eigenvalue weighted by Gasteiger charge is 2.32. The number of amides is 2. The third kappa shape index (κ3) is 4.21. The second-order valence-corrected chi connectivity index (χ2v) is 6.53. The van der Waals surface area contributed by atoms with Gasteiger partial charge in [-0.05, 0) is 29.1 Å². The summed E-state index contributed by atoms with van der Waals surface area (Å²) in [6.45, 7) is -0.0686. The molecule has 2 amide bonds. The maximum atomic E-state index is 13.3. The number of carbonyl (C=O) groups is 3. The number of thiophene rings is 1. The van der Waals surface area contributed by atoms with E-state index in [1.807, 2.05) is 17.5 Å². The molecule has 2 aromatic rings. The van der Waals surface area contributed by atoms with Crippen molar-refractivity contribution in [2.75, 3.05) is 11.9 Å². The quantitative estimate of drug-likeness (QED) is 0.799. The molecule has 6 nitrogen and oxygen atoms in total. The van der Waals surface area contributed by atoms with Crippen molar-refractivity contribution in [1.82, 2.24) is 5.32 Å². The highest BCUT2D eigenvalue weighted by molar-refractivity contribution is 7.09. The number of ether oxygens (including phenoxy) is 1. The SMILES string of the molecule is O=C(COC(=O)C1CC(=O)Nc2cc(F)ccc21)NCc1cccs1. The minimum atomic E-state index is -0.852. The van der Waals surface area contributed by atoms with Crippen LogP contribution in [-0.2, 0) is 25.7 Å². The van der Waals surface area contributed by atoms with Crippen LogP contribution in [0.3, 0.4) is 0 Å². The summed E-state index contributed by atoms with van der Waals surface area (Å²) in [7, 11) is 0. The molecule has 25 heavy (non-hydrogen) atoms. The van der Waals surface area contributed by atoms with Gasteiger partial charge in [0.2, 0.25) is 5.91 Å². The van der Waals surface area contributed by atoms with Crippen LogP contribution in [0.5, 0.6) is 0 Å². The fourth-order valence-electron chi connectivity index (χ4n) is 2.53. The molecular formula is C17H15FN2O4S. The number of rotatable bonds is 5. The van der Waals surface area contributed by atoms with Crippen LogP contribution in [0.4, 0.5) is 10.1 Å². The van der Waals surface area contributed by atoms with Crippen LogP contribution >= 0.6 is 11.3 Å². The van der Waals surface area contributed by atoms with Gasteiger partial charge in [0.15, 0.2) is 6.61 Å². The number of hydrogen-bond donors (Lipinski definition) is 2. The molecule has 8 heteroatoms.